The van der Waals surface area contributed by atoms with Crippen molar-refractivity contribution in [1.29, 1.82) is 0 Å². The van der Waals surface area contributed by atoms with Gasteiger partial charge in [-0.3, -0.25) is 0 Å². The van der Waals surface area contributed by atoms with E-state index in [2.05, 4.69) is 15.3 Å². The van der Waals surface area contributed by atoms with Gasteiger partial charge in [0.05, 0.1) is 23.4 Å². The summed E-state index contributed by atoms with van der Waals surface area (Å²) >= 11 is 11.9. The summed E-state index contributed by atoms with van der Waals surface area (Å²) in [6, 6.07) is 10.9. The van der Waals surface area contributed by atoms with Gasteiger partial charge in [-0.05, 0) is 41.5 Å². The number of ether oxygens (including phenoxy) is 2. The number of hydrogen-bond donors (Lipinski definition) is 0. The van der Waals surface area contributed by atoms with Gasteiger partial charge in [-0.2, -0.15) is 5.10 Å². The third-order valence-electron chi connectivity index (χ3n) is 3.31. The Bertz CT molecular complexity index is 882. The van der Waals surface area contributed by atoms with Gasteiger partial charge >= 0.3 is 0 Å². The first-order valence-electron chi connectivity index (χ1n) is 7.29. The summed E-state index contributed by atoms with van der Waals surface area (Å²) in [5.41, 5.74) is 1.77. The van der Waals surface area contributed by atoms with Crippen molar-refractivity contribution in [1.82, 2.24) is 14.9 Å². The zero-order chi connectivity index (χ0) is 17.6. The Labute approximate surface area is 154 Å². The van der Waals surface area contributed by atoms with Crippen LogP contribution in [0.25, 0.3) is 0 Å². The summed E-state index contributed by atoms with van der Waals surface area (Å²) in [4.78, 5) is 0. The molecule has 0 unspecified atom stereocenters. The molecule has 0 radical (unpaired) electrons. The number of halogens is 2. The molecule has 0 bridgehead atoms. The second-order valence-corrected chi connectivity index (χ2v) is 5.85. The Morgan fingerprint density at radius 3 is 2.56 bits per heavy atom. The highest BCUT2D eigenvalue weighted by Gasteiger charge is 2.07. The van der Waals surface area contributed by atoms with Crippen molar-refractivity contribution in [2.75, 3.05) is 7.11 Å². The largest absolute Gasteiger partial charge is 0.493 e. The second-order valence-electron chi connectivity index (χ2n) is 5.03. The molecule has 25 heavy (non-hydrogen) atoms. The van der Waals surface area contributed by atoms with Crippen molar-refractivity contribution in [3.63, 3.8) is 0 Å². The van der Waals surface area contributed by atoms with Crippen molar-refractivity contribution in [2.24, 2.45) is 5.10 Å². The lowest BCUT2D eigenvalue weighted by molar-refractivity contribution is 0.284. The van der Waals surface area contributed by atoms with Crippen LogP contribution in [-0.2, 0) is 6.61 Å². The van der Waals surface area contributed by atoms with Crippen LogP contribution in [0.2, 0.25) is 10.0 Å². The van der Waals surface area contributed by atoms with E-state index in [1.54, 1.807) is 25.5 Å². The summed E-state index contributed by atoms with van der Waals surface area (Å²) < 4.78 is 12.7. The molecule has 6 nitrogen and oxygen atoms in total. The van der Waals surface area contributed by atoms with Crippen LogP contribution >= 0.6 is 23.2 Å². The molecule has 1 aromatic heterocycles. The maximum Gasteiger partial charge on any atom is 0.161 e. The van der Waals surface area contributed by atoms with Gasteiger partial charge in [0.15, 0.2) is 11.5 Å². The van der Waals surface area contributed by atoms with Crippen LogP contribution in [-0.4, -0.2) is 28.2 Å². The third-order valence-corrected chi connectivity index (χ3v) is 4.05. The lowest BCUT2D eigenvalue weighted by Gasteiger charge is -2.11. The summed E-state index contributed by atoms with van der Waals surface area (Å²) in [6.45, 7) is 0.349. The van der Waals surface area contributed by atoms with Crippen molar-refractivity contribution in [3.8, 4) is 11.5 Å². The lowest BCUT2D eigenvalue weighted by atomic mass is 10.2. The van der Waals surface area contributed by atoms with Crippen LogP contribution in [0.15, 0.2) is 54.2 Å². The minimum Gasteiger partial charge on any atom is -0.493 e. The normalized spacial score (nSPS) is 11.0. The number of rotatable bonds is 6. The zero-order valence-corrected chi connectivity index (χ0v) is 14.8. The molecule has 0 aliphatic rings. The number of hydrogen-bond acceptors (Lipinski definition) is 5. The van der Waals surface area contributed by atoms with Crippen LogP contribution < -0.4 is 9.47 Å². The van der Waals surface area contributed by atoms with Gasteiger partial charge in [0, 0.05) is 0 Å². The Morgan fingerprint density at radius 1 is 1.04 bits per heavy atom. The van der Waals surface area contributed by atoms with E-state index in [1.165, 1.54) is 17.3 Å². The Hall–Kier alpha value is -2.57. The number of methoxy groups -OCH3 is 1. The highest BCUT2D eigenvalue weighted by Crippen LogP contribution is 2.29. The summed E-state index contributed by atoms with van der Waals surface area (Å²) in [5.74, 6) is 1.22. The molecule has 1 heterocycles. The number of benzene rings is 2. The molecule has 3 aromatic rings. The monoisotopic (exact) mass is 376 g/mol. The summed E-state index contributed by atoms with van der Waals surface area (Å²) in [7, 11) is 1.59. The van der Waals surface area contributed by atoms with Gasteiger partial charge in [0.1, 0.15) is 19.3 Å². The molecule has 0 saturated carbocycles. The van der Waals surface area contributed by atoms with Gasteiger partial charge in [-0.25, -0.2) is 4.68 Å². The fourth-order valence-electron chi connectivity index (χ4n) is 2.06. The first kappa shape index (κ1) is 17.3. The standard InChI is InChI=1S/C17H14Cl2N4O2/c1-24-17-7-12(8-22-23-10-20-21-11-23)3-5-16(17)25-9-13-2-4-14(18)15(19)6-13/h2-8,10-11H,9H2,1H3/b22-8-. The average molecular weight is 377 g/mol. The van der Waals surface area contributed by atoms with Gasteiger partial charge in [-0.15, -0.1) is 10.2 Å². The first-order chi connectivity index (χ1) is 12.2. The highest BCUT2D eigenvalue weighted by molar-refractivity contribution is 6.42. The Morgan fingerprint density at radius 2 is 1.84 bits per heavy atom. The smallest absolute Gasteiger partial charge is 0.161 e. The van der Waals surface area contributed by atoms with Crippen molar-refractivity contribution in [3.05, 3.63) is 70.2 Å². The van der Waals surface area contributed by atoms with Crippen molar-refractivity contribution >= 4 is 29.4 Å². The predicted octanol–water partition coefficient (Wildman–Crippen LogP) is 4.05. The van der Waals surface area contributed by atoms with Gasteiger partial charge in [-0.1, -0.05) is 29.3 Å². The SMILES string of the molecule is COc1cc(/C=N\n2cnnc2)ccc1OCc1ccc(Cl)c(Cl)c1. The topological polar surface area (TPSA) is 61.5 Å². The Kier molecular flexibility index (Phi) is 5.53. The highest BCUT2D eigenvalue weighted by atomic mass is 35.5. The molecule has 0 N–H and O–H groups in total. The molecule has 0 spiro atoms. The fourth-order valence-corrected chi connectivity index (χ4v) is 2.38. The molecule has 3 rings (SSSR count). The quantitative estimate of drug-likeness (QED) is 0.608. The number of aromatic nitrogens is 3. The first-order valence-corrected chi connectivity index (χ1v) is 8.05. The van der Waals surface area contributed by atoms with Crippen molar-refractivity contribution < 1.29 is 9.47 Å². The van der Waals surface area contributed by atoms with Crippen LogP contribution in [0.3, 0.4) is 0 Å². The van der Waals surface area contributed by atoms with E-state index < -0.39 is 0 Å². The maximum atomic E-state index is 6.01. The molecule has 0 fully saturated rings. The van der Waals surface area contributed by atoms with E-state index >= 15 is 0 Å². The van der Waals surface area contributed by atoms with Crippen LogP contribution in [0.1, 0.15) is 11.1 Å². The van der Waals surface area contributed by atoms with E-state index in [9.17, 15) is 0 Å². The van der Waals surface area contributed by atoms with E-state index in [1.807, 2.05) is 24.3 Å². The molecule has 0 aliphatic carbocycles. The molecule has 128 valence electrons. The van der Waals surface area contributed by atoms with E-state index in [4.69, 9.17) is 32.7 Å². The molecule has 2 aromatic carbocycles. The molecule has 0 aliphatic heterocycles. The van der Waals surface area contributed by atoms with E-state index in [0.29, 0.717) is 28.2 Å². The molecule has 0 atom stereocenters. The van der Waals surface area contributed by atoms with E-state index in [-0.39, 0.29) is 0 Å². The lowest BCUT2D eigenvalue weighted by Crippen LogP contribution is -1.98. The van der Waals surface area contributed by atoms with Gasteiger partial charge in [0.2, 0.25) is 0 Å². The minimum atomic E-state index is 0.349. The predicted molar refractivity (Wildman–Crippen MR) is 96.8 cm³/mol. The van der Waals surface area contributed by atoms with Crippen LogP contribution in [0.5, 0.6) is 11.5 Å². The zero-order valence-electron chi connectivity index (χ0n) is 13.3. The average Bonchev–Trinajstić information content (AvgIpc) is 3.15. The summed E-state index contributed by atoms with van der Waals surface area (Å²) in [5, 5.41) is 12.6. The van der Waals surface area contributed by atoms with Gasteiger partial charge in [0.25, 0.3) is 0 Å². The number of nitrogens with zero attached hydrogens (tertiary/aromatic N) is 4. The summed E-state index contributed by atoms with van der Waals surface area (Å²) in [6.07, 6.45) is 4.68. The fraction of sp³-hybridized carbons (Fsp3) is 0.118. The molecule has 0 amide bonds. The third kappa shape index (κ3) is 4.49. The molecule has 8 heteroatoms. The second kappa shape index (κ2) is 8.00. The van der Waals surface area contributed by atoms with E-state index in [0.717, 1.165) is 11.1 Å². The van der Waals surface area contributed by atoms with Crippen molar-refractivity contribution in [2.45, 2.75) is 6.61 Å². The molecular weight excluding hydrogens is 363 g/mol. The maximum absolute atomic E-state index is 6.01. The van der Waals surface area contributed by atoms with Gasteiger partial charge < -0.3 is 9.47 Å². The Balaban J connectivity index is 1.72. The minimum absolute atomic E-state index is 0.349. The van der Waals surface area contributed by atoms with Crippen LogP contribution in [0.4, 0.5) is 0 Å². The molecule has 0 saturated heterocycles. The van der Waals surface area contributed by atoms with Crippen LogP contribution in [0, 0.1) is 0 Å². The molecular formula is C17H14Cl2N4O2.